The molecular formula is C20H24Cl2N6S. The molecule has 1 unspecified atom stereocenters. The first-order chi connectivity index (χ1) is 13.7. The highest BCUT2D eigenvalue weighted by molar-refractivity contribution is 8.03. The van der Waals surface area contributed by atoms with Crippen LogP contribution in [0.25, 0.3) is 0 Å². The number of allylic oxidation sites excluding steroid dienone is 1. The average molecular weight is 451 g/mol. The highest BCUT2D eigenvalue weighted by Gasteiger charge is 2.42. The summed E-state index contributed by atoms with van der Waals surface area (Å²) >= 11 is 14.0. The van der Waals surface area contributed by atoms with Crippen LogP contribution in [0.3, 0.4) is 0 Å². The summed E-state index contributed by atoms with van der Waals surface area (Å²) in [5, 5.41) is 5.72. The smallest absolute Gasteiger partial charge is 0.209 e. The van der Waals surface area contributed by atoms with Gasteiger partial charge in [0.05, 0.1) is 5.03 Å². The van der Waals surface area contributed by atoms with Crippen LogP contribution < -0.4 is 16.8 Å². The molecule has 0 fully saturated rings. The summed E-state index contributed by atoms with van der Waals surface area (Å²) in [6, 6.07) is 9.45. The van der Waals surface area contributed by atoms with Gasteiger partial charge >= 0.3 is 0 Å². The van der Waals surface area contributed by atoms with Gasteiger partial charge < -0.3 is 21.7 Å². The third kappa shape index (κ3) is 5.10. The number of hydrogen-bond donors (Lipinski definition) is 3. The number of aliphatic imine (C=N–C) groups is 1. The van der Waals surface area contributed by atoms with Crippen molar-refractivity contribution in [2.24, 2.45) is 22.4 Å². The molecule has 0 spiro atoms. The van der Waals surface area contributed by atoms with E-state index in [1.165, 1.54) is 0 Å². The van der Waals surface area contributed by atoms with Crippen molar-refractivity contribution in [1.29, 1.82) is 0 Å². The van der Waals surface area contributed by atoms with Crippen LogP contribution in [0.5, 0.6) is 0 Å². The van der Waals surface area contributed by atoms with E-state index in [1.54, 1.807) is 30.2 Å². The van der Waals surface area contributed by atoms with E-state index < -0.39 is 5.79 Å². The van der Waals surface area contributed by atoms with Crippen molar-refractivity contribution < 1.29 is 0 Å². The number of thioether (sulfide) groups is 1. The van der Waals surface area contributed by atoms with Crippen LogP contribution in [-0.4, -0.2) is 21.6 Å². The minimum absolute atomic E-state index is 0.0138. The Hall–Kier alpha value is -2.09. The lowest BCUT2D eigenvalue weighted by Crippen LogP contribution is -2.50. The first kappa shape index (κ1) is 21.6. The van der Waals surface area contributed by atoms with E-state index in [0.717, 1.165) is 21.2 Å². The molecule has 2 heterocycles. The van der Waals surface area contributed by atoms with Gasteiger partial charge in [0, 0.05) is 39.6 Å². The van der Waals surface area contributed by atoms with E-state index >= 15 is 0 Å². The van der Waals surface area contributed by atoms with Crippen molar-refractivity contribution in [3.8, 4) is 0 Å². The lowest BCUT2D eigenvalue weighted by molar-refractivity contribution is 0.159. The molecule has 5 N–H and O–H groups in total. The van der Waals surface area contributed by atoms with Crippen LogP contribution in [-0.2, 0) is 6.54 Å². The van der Waals surface area contributed by atoms with Crippen molar-refractivity contribution in [3.63, 3.8) is 0 Å². The second kappa shape index (κ2) is 8.73. The molecule has 29 heavy (non-hydrogen) atoms. The van der Waals surface area contributed by atoms with E-state index in [9.17, 15) is 0 Å². The molecule has 9 heteroatoms. The lowest BCUT2D eigenvalue weighted by Gasteiger charge is -2.35. The average Bonchev–Trinajstić information content (AvgIpc) is 2.87. The van der Waals surface area contributed by atoms with E-state index in [2.05, 4.69) is 34.0 Å². The summed E-state index contributed by atoms with van der Waals surface area (Å²) in [6.07, 6.45) is 3.54. The van der Waals surface area contributed by atoms with Gasteiger partial charge in [0.2, 0.25) is 5.79 Å². The van der Waals surface area contributed by atoms with E-state index in [4.69, 9.17) is 34.7 Å². The Morgan fingerprint density at radius 2 is 1.83 bits per heavy atom. The SMILES string of the molecule is CC(C)C1=C(Sc2cc(Cl)cc(Cl)c2)N(Cc2ccncc2)C(C)(N=C(N)N)N1. The van der Waals surface area contributed by atoms with Gasteiger partial charge in [0.15, 0.2) is 5.96 Å². The van der Waals surface area contributed by atoms with Crippen LogP contribution in [0, 0.1) is 5.92 Å². The van der Waals surface area contributed by atoms with E-state index in [0.29, 0.717) is 16.6 Å². The number of halogens is 2. The van der Waals surface area contributed by atoms with Crippen LogP contribution in [0.2, 0.25) is 10.0 Å². The molecule has 0 bridgehead atoms. The number of nitrogens with one attached hydrogen (secondary N) is 1. The molecule has 1 aromatic carbocycles. The van der Waals surface area contributed by atoms with Crippen molar-refractivity contribution in [3.05, 3.63) is 69.1 Å². The van der Waals surface area contributed by atoms with Crippen LogP contribution in [0.15, 0.2) is 63.3 Å². The molecule has 1 aliphatic rings. The van der Waals surface area contributed by atoms with Gasteiger partial charge in [-0.2, -0.15) is 0 Å². The molecular weight excluding hydrogens is 427 g/mol. The summed E-state index contributed by atoms with van der Waals surface area (Å²) in [7, 11) is 0. The molecule has 1 aliphatic heterocycles. The molecule has 6 nitrogen and oxygen atoms in total. The van der Waals surface area contributed by atoms with E-state index in [1.807, 2.05) is 31.2 Å². The molecule has 2 aromatic rings. The van der Waals surface area contributed by atoms with Crippen LogP contribution in [0.4, 0.5) is 0 Å². The highest BCUT2D eigenvalue weighted by Crippen LogP contribution is 2.43. The van der Waals surface area contributed by atoms with Crippen LogP contribution in [0.1, 0.15) is 26.3 Å². The second-order valence-corrected chi connectivity index (χ2v) is 9.14. The molecule has 0 saturated heterocycles. The second-order valence-electron chi connectivity index (χ2n) is 7.20. The van der Waals surface area contributed by atoms with Gasteiger partial charge in [0.25, 0.3) is 0 Å². The summed E-state index contributed by atoms with van der Waals surface area (Å²) < 4.78 is 0. The Morgan fingerprint density at radius 3 is 2.38 bits per heavy atom. The summed E-state index contributed by atoms with van der Waals surface area (Å²) in [5.41, 5.74) is 13.7. The largest absolute Gasteiger partial charge is 0.370 e. The van der Waals surface area contributed by atoms with Gasteiger partial charge in [-0.05, 0) is 48.7 Å². The Morgan fingerprint density at radius 1 is 1.21 bits per heavy atom. The minimum Gasteiger partial charge on any atom is -0.370 e. The number of pyridine rings is 1. The number of benzene rings is 1. The van der Waals surface area contributed by atoms with Gasteiger partial charge in [-0.1, -0.05) is 48.8 Å². The normalized spacial score (nSPS) is 18.9. The summed E-state index contributed by atoms with van der Waals surface area (Å²) in [4.78, 5) is 11.7. The summed E-state index contributed by atoms with van der Waals surface area (Å²) in [6.45, 7) is 6.80. The molecule has 1 aromatic heterocycles. The maximum atomic E-state index is 6.22. The van der Waals surface area contributed by atoms with Crippen molar-refractivity contribution in [2.45, 2.75) is 38.0 Å². The lowest BCUT2D eigenvalue weighted by atomic mass is 10.1. The number of rotatable bonds is 6. The fraction of sp³-hybridized carbons (Fsp3) is 0.300. The first-order valence-electron chi connectivity index (χ1n) is 9.11. The summed E-state index contributed by atoms with van der Waals surface area (Å²) in [5.74, 6) is -0.588. The fourth-order valence-electron chi connectivity index (χ4n) is 3.16. The molecule has 0 amide bonds. The maximum absolute atomic E-state index is 6.22. The Balaban J connectivity index is 2.07. The van der Waals surface area contributed by atoms with E-state index in [-0.39, 0.29) is 11.9 Å². The predicted octanol–water partition coefficient (Wildman–Crippen LogP) is 4.36. The maximum Gasteiger partial charge on any atom is 0.209 e. The number of hydrogen-bond acceptors (Lipinski definition) is 5. The Bertz CT molecular complexity index is 923. The third-order valence-electron chi connectivity index (χ3n) is 4.44. The molecule has 0 aliphatic carbocycles. The zero-order valence-electron chi connectivity index (χ0n) is 16.5. The predicted molar refractivity (Wildman–Crippen MR) is 121 cm³/mol. The number of nitrogens with two attached hydrogens (primary N) is 2. The Kier molecular flexibility index (Phi) is 6.51. The van der Waals surface area contributed by atoms with Gasteiger partial charge in [-0.3, -0.25) is 4.98 Å². The minimum atomic E-state index is -0.827. The quantitative estimate of drug-likeness (QED) is 0.447. The number of nitrogens with zero attached hydrogens (tertiary/aromatic N) is 3. The van der Waals surface area contributed by atoms with Crippen molar-refractivity contribution >= 4 is 40.9 Å². The molecule has 0 radical (unpaired) electrons. The first-order valence-corrected chi connectivity index (χ1v) is 10.7. The molecule has 1 atom stereocenters. The van der Waals surface area contributed by atoms with Gasteiger partial charge in [0.1, 0.15) is 0 Å². The van der Waals surface area contributed by atoms with Crippen LogP contribution >= 0.6 is 35.0 Å². The van der Waals surface area contributed by atoms with Crippen molar-refractivity contribution in [2.75, 3.05) is 0 Å². The molecule has 0 saturated carbocycles. The third-order valence-corrected chi connectivity index (χ3v) is 5.98. The van der Waals surface area contributed by atoms with Gasteiger partial charge in [-0.25, -0.2) is 4.99 Å². The molecule has 154 valence electrons. The number of guanidine groups is 1. The zero-order chi connectivity index (χ0) is 21.2. The standard InChI is InChI=1S/C20H24Cl2N6S/c1-12(2)17-18(29-16-9-14(21)8-15(22)10-16)28(11-13-4-6-25-7-5-13)20(3,26-17)27-19(23)24/h4-10,12,26H,11H2,1-3H3,(H4,23,24,27). The topological polar surface area (TPSA) is 92.6 Å². The van der Waals surface area contributed by atoms with Gasteiger partial charge in [-0.15, -0.1) is 0 Å². The Labute approximate surface area is 185 Å². The monoisotopic (exact) mass is 450 g/mol. The number of aromatic nitrogens is 1. The fourth-order valence-corrected chi connectivity index (χ4v) is 5.16. The molecule has 3 rings (SSSR count). The zero-order valence-corrected chi connectivity index (χ0v) is 18.8. The van der Waals surface area contributed by atoms with Crippen molar-refractivity contribution in [1.82, 2.24) is 15.2 Å². The highest BCUT2D eigenvalue weighted by atomic mass is 35.5.